The summed E-state index contributed by atoms with van der Waals surface area (Å²) in [5.41, 5.74) is -0.735. The van der Waals surface area contributed by atoms with Crippen molar-refractivity contribution in [1.29, 1.82) is 0 Å². The summed E-state index contributed by atoms with van der Waals surface area (Å²) in [6.45, 7) is 0. The van der Waals surface area contributed by atoms with Crippen LogP contribution in [0, 0.1) is 3.57 Å². The number of halogens is 4. The van der Waals surface area contributed by atoms with Crippen molar-refractivity contribution in [3.63, 3.8) is 0 Å². The standard InChI is InChI=1S/C9H7F3INO/c10-9(11,12)6-3-14-4-7(8(6)13)15-5-1-2-5/h3-5H,1-2H2. The third-order valence-corrected chi connectivity index (χ3v) is 3.08. The van der Waals surface area contributed by atoms with Gasteiger partial charge in [-0.25, -0.2) is 0 Å². The summed E-state index contributed by atoms with van der Waals surface area (Å²) in [6, 6.07) is 0. The Morgan fingerprint density at radius 1 is 1.33 bits per heavy atom. The molecule has 6 heteroatoms. The Balaban J connectivity index is 2.31. The molecule has 0 radical (unpaired) electrons. The molecule has 82 valence electrons. The van der Waals surface area contributed by atoms with Gasteiger partial charge in [-0.3, -0.25) is 4.98 Å². The van der Waals surface area contributed by atoms with Gasteiger partial charge in [0.25, 0.3) is 0 Å². The maximum absolute atomic E-state index is 12.5. The van der Waals surface area contributed by atoms with E-state index in [4.69, 9.17) is 4.74 Å². The molecule has 1 aromatic rings. The van der Waals surface area contributed by atoms with Gasteiger partial charge in [-0.05, 0) is 35.4 Å². The van der Waals surface area contributed by atoms with E-state index >= 15 is 0 Å². The van der Waals surface area contributed by atoms with Crippen molar-refractivity contribution in [2.75, 3.05) is 0 Å². The van der Waals surface area contributed by atoms with Crippen LogP contribution in [-0.4, -0.2) is 11.1 Å². The molecule has 0 aliphatic heterocycles. The van der Waals surface area contributed by atoms with Crippen molar-refractivity contribution in [3.8, 4) is 5.75 Å². The molecule has 1 aliphatic carbocycles. The third-order valence-electron chi connectivity index (χ3n) is 1.97. The largest absolute Gasteiger partial charge is 0.488 e. The van der Waals surface area contributed by atoms with Crippen LogP contribution in [0.1, 0.15) is 18.4 Å². The van der Waals surface area contributed by atoms with E-state index in [2.05, 4.69) is 4.98 Å². The Morgan fingerprint density at radius 2 is 2.00 bits per heavy atom. The highest BCUT2D eigenvalue weighted by atomic mass is 127. The third kappa shape index (κ3) is 2.53. The molecule has 15 heavy (non-hydrogen) atoms. The number of rotatable bonds is 2. The predicted octanol–water partition coefficient (Wildman–Crippen LogP) is 3.25. The second kappa shape index (κ2) is 3.80. The normalized spacial score (nSPS) is 16.5. The molecule has 0 atom stereocenters. The van der Waals surface area contributed by atoms with Crippen LogP contribution in [0.25, 0.3) is 0 Å². The van der Waals surface area contributed by atoms with Crippen molar-refractivity contribution in [3.05, 3.63) is 21.5 Å². The smallest absolute Gasteiger partial charge is 0.419 e. The molecule has 2 rings (SSSR count). The van der Waals surface area contributed by atoms with Crippen molar-refractivity contribution in [2.45, 2.75) is 25.1 Å². The second-order valence-electron chi connectivity index (χ2n) is 3.31. The average Bonchev–Trinajstić information content (AvgIpc) is 2.90. The molecular weight excluding hydrogens is 322 g/mol. The fourth-order valence-electron chi connectivity index (χ4n) is 1.07. The highest BCUT2D eigenvalue weighted by Gasteiger charge is 2.35. The molecule has 0 N–H and O–H groups in total. The van der Waals surface area contributed by atoms with Gasteiger partial charge in [0.2, 0.25) is 0 Å². The van der Waals surface area contributed by atoms with Crippen LogP contribution < -0.4 is 4.74 Å². The number of alkyl halides is 3. The predicted molar refractivity (Wildman–Crippen MR) is 55.6 cm³/mol. The highest BCUT2D eigenvalue weighted by Crippen LogP contribution is 2.37. The zero-order valence-electron chi connectivity index (χ0n) is 7.51. The zero-order chi connectivity index (χ0) is 11.1. The molecule has 1 aromatic heterocycles. The summed E-state index contributed by atoms with van der Waals surface area (Å²) in [5, 5.41) is 0. The first kappa shape index (κ1) is 11.0. The fraction of sp³-hybridized carbons (Fsp3) is 0.444. The number of hydrogen-bond donors (Lipinski definition) is 0. The fourth-order valence-corrected chi connectivity index (χ4v) is 1.78. The first-order valence-corrected chi connectivity index (χ1v) is 5.43. The van der Waals surface area contributed by atoms with Gasteiger partial charge >= 0.3 is 6.18 Å². The molecule has 0 unspecified atom stereocenters. The van der Waals surface area contributed by atoms with E-state index in [-0.39, 0.29) is 15.4 Å². The number of aromatic nitrogens is 1. The number of hydrogen-bond acceptors (Lipinski definition) is 2. The van der Waals surface area contributed by atoms with Gasteiger partial charge < -0.3 is 4.74 Å². The molecular formula is C9H7F3INO. The summed E-state index contributed by atoms with van der Waals surface area (Å²) < 4.78 is 42.9. The van der Waals surface area contributed by atoms with Gasteiger partial charge in [0.05, 0.1) is 21.4 Å². The lowest BCUT2D eigenvalue weighted by Gasteiger charge is -2.12. The van der Waals surface area contributed by atoms with Gasteiger partial charge in [-0.1, -0.05) is 0 Å². The maximum atomic E-state index is 12.5. The number of ether oxygens (including phenoxy) is 1. The SMILES string of the molecule is FC(F)(F)c1cncc(OC2CC2)c1I. The van der Waals surface area contributed by atoms with Crippen molar-refractivity contribution in [2.24, 2.45) is 0 Å². The van der Waals surface area contributed by atoms with Gasteiger partial charge in [-0.2, -0.15) is 13.2 Å². The highest BCUT2D eigenvalue weighted by molar-refractivity contribution is 14.1. The summed E-state index contributed by atoms with van der Waals surface area (Å²) in [4.78, 5) is 3.54. The molecule has 0 amide bonds. The summed E-state index contributed by atoms with van der Waals surface area (Å²) in [7, 11) is 0. The Hall–Kier alpha value is -0.530. The minimum Gasteiger partial charge on any atom is -0.488 e. The zero-order valence-corrected chi connectivity index (χ0v) is 9.67. The monoisotopic (exact) mass is 329 g/mol. The molecule has 0 aromatic carbocycles. The molecule has 1 aliphatic rings. The van der Waals surface area contributed by atoms with Crippen LogP contribution in [0.3, 0.4) is 0 Å². The lowest BCUT2D eigenvalue weighted by Crippen LogP contribution is -2.10. The first-order chi connectivity index (χ1) is 6.98. The molecule has 1 heterocycles. The second-order valence-corrected chi connectivity index (χ2v) is 4.39. The molecule has 1 saturated carbocycles. The summed E-state index contributed by atoms with van der Waals surface area (Å²) in [5.74, 6) is 0.230. The summed E-state index contributed by atoms with van der Waals surface area (Å²) in [6.07, 6.45) is -0.328. The first-order valence-electron chi connectivity index (χ1n) is 4.36. The average molecular weight is 329 g/mol. The van der Waals surface area contributed by atoms with Crippen LogP contribution in [0.5, 0.6) is 5.75 Å². The van der Waals surface area contributed by atoms with Crippen LogP contribution >= 0.6 is 22.6 Å². The van der Waals surface area contributed by atoms with Crippen LogP contribution in [0.4, 0.5) is 13.2 Å². The lowest BCUT2D eigenvalue weighted by molar-refractivity contribution is -0.138. The molecule has 0 spiro atoms. The number of nitrogens with zero attached hydrogens (tertiary/aromatic N) is 1. The Labute approximate surface area is 98.0 Å². The quantitative estimate of drug-likeness (QED) is 0.777. The molecule has 0 bridgehead atoms. The van der Waals surface area contributed by atoms with Gasteiger partial charge in [-0.15, -0.1) is 0 Å². The van der Waals surface area contributed by atoms with E-state index in [0.29, 0.717) is 0 Å². The maximum Gasteiger partial charge on any atom is 0.419 e. The van der Waals surface area contributed by atoms with E-state index in [0.717, 1.165) is 19.0 Å². The Morgan fingerprint density at radius 3 is 2.53 bits per heavy atom. The Bertz CT molecular complexity index is 376. The van der Waals surface area contributed by atoms with Gasteiger partial charge in [0, 0.05) is 6.20 Å². The van der Waals surface area contributed by atoms with Gasteiger partial charge in [0.1, 0.15) is 0 Å². The number of pyridine rings is 1. The molecule has 0 saturated heterocycles. The van der Waals surface area contributed by atoms with Crippen molar-refractivity contribution in [1.82, 2.24) is 4.98 Å². The minimum absolute atomic E-state index is 0.0730. The van der Waals surface area contributed by atoms with Crippen molar-refractivity contribution >= 4 is 22.6 Å². The van der Waals surface area contributed by atoms with E-state index in [9.17, 15) is 13.2 Å². The van der Waals surface area contributed by atoms with Gasteiger partial charge in [0.15, 0.2) is 5.75 Å². The van der Waals surface area contributed by atoms with Crippen LogP contribution in [0.15, 0.2) is 12.4 Å². The van der Waals surface area contributed by atoms with Crippen molar-refractivity contribution < 1.29 is 17.9 Å². The van der Waals surface area contributed by atoms with E-state index in [1.165, 1.54) is 6.20 Å². The van der Waals surface area contributed by atoms with E-state index in [1.54, 1.807) is 22.6 Å². The molecule has 2 nitrogen and oxygen atoms in total. The minimum atomic E-state index is -4.37. The summed E-state index contributed by atoms with van der Waals surface area (Å²) >= 11 is 1.64. The van der Waals surface area contributed by atoms with E-state index in [1.807, 2.05) is 0 Å². The van der Waals surface area contributed by atoms with Crippen LogP contribution in [0.2, 0.25) is 0 Å². The Kier molecular flexibility index (Phi) is 2.78. The lowest BCUT2D eigenvalue weighted by atomic mass is 10.3. The topological polar surface area (TPSA) is 22.1 Å². The van der Waals surface area contributed by atoms with E-state index < -0.39 is 11.7 Å². The molecule has 1 fully saturated rings. The van der Waals surface area contributed by atoms with Crippen LogP contribution in [-0.2, 0) is 6.18 Å².